The molecule has 1 heterocycles. The Kier molecular flexibility index (Phi) is 4.40. The molecule has 0 saturated heterocycles. The zero-order valence-electron chi connectivity index (χ0n) is 11.9. The van der Waals surface area contributed by atoms with E-state index in [4.69, 9.17) is 4.74 Å². The first-order chi connectivity index (χ1) is 8.60. The van der Waals surface area contributed by atoms with Crippen LogP contribution in [-0.2, 0) is 18.3 Å². The number of aryl methyl sites for hydroxylation is 1. The van der Waals surface area contributed by atoms with Crippen molar-refractivity contribution in [3.63, 3.8) is 0 Å². The second-order valence-corrected chi connectivity index (χ2v) is 5.62. The normalized spacial score (nSPS) is 24.1. The standard InChI is InChI=1S/C14H25N3O/c1-10(2)14-11(9-17(3)16-14)8-15-12-5-6-13(7-12)18-4/h9-10,12-13,15H,5-8H2,1-4H3. The molecule has 4 nitrogen and oxygen atoms in total. The van der Waals surface area contributed by atoms with Gasteiger partial charge in [0, 0.05) is 38.5 Å². The molecule has 102 valence electrons. The van der Waals surface area contributed by atoms with Gasteiger partial charge in [0.2, 0.25) is 0 Å². The molecule has 0 radical (unpaired) electrons. The number of hydrogen-bond donors (Lipinski definition) is 1. The Labute approximate surface area is 110 Å². The van der Waals surface area contributed by atoms with E-state index in [0.717, 1.165) is 13.0 Å². The van der Waals surface area contributed by atoms with Gasteiger partial charge in [-0.25, -0.2) is 0 Å². The summed E-state index contributed by atoms with van der Waals surface area (Å²) in [5.74, 6) is 0.485. The van der Waals surface area contributed by atoms with Crippen molar-refractivity contribution in [2.75, 3.05) is 7.11 Å². The van der Waals surface area contributed by atoms with Crippen LogP contribution in [0.5, 0.6) is 0 Å². The highest BCUT2D eigenvalue weighted by molar-refractivity contribution is 5.20. The first-order valence-electron chi connectivity index (χ1n) is 6.88. The molecule has 0 amide bonds. The minimum Gasteiger partial charge on any atom is -0.381 e. The molecule has 1 saturated carbocycles. The van der Waals surface area contributed by atoms with Crippen LogP contribution >= 0.6 is 0 Å². The average Bonchev–Trinajstić information content (AvgIpc) is 2.92. The fourth-order valence-corrected chi connectivity index (χ4v) is 2.77. The van der Waals surface area contributed by atoms with Crippen LogP contribution in [-0.4, -0.2) is 29.0 Å². The van der Waals surface area contributed by atoms with Crippen molar-refractivity contribution in [1.82, 2.24) is 15.1 Å². The quantitative estimate of drug-likeness (QED) is 0.872. The summed E-state index contributed by atoms with van der Waals surface area (Å²) in [4.78, 5) is 0. The van der Waals surface area contributed by atoms with E-state index in [9.17, 15) is 0 Å². The van der Waals surface area contributed by atoms with E-state index in [1.54, 1.807) is 0 Å². The Morgan fingerprint density at radius 2 is 2.28 bits per heavy atom. The molecule has 4 heteroatoms. The molecule has 0 bridgehead atoms. The molecule has 2 rings (SSSR count). The van der Waals surface area contributed by atoms with Gasteiger partial charge in [-0.15, -0.1) is 0 Å². The second-order valence-electron chi connectivity index (χ2n) is 5.62. The van der Waals surface area contributed by atoms with Crippen LogP contribution in [0.25, 0.3) is 0 Å². The first-order valence-corrected chi connectivity index (χ1v) is 6.88. The van der Waals surface area contributed by atoms with Crippen LogP contribution < -0.4 is 5.32 Å². The summed E-state index contributed by atoms with van der Waals surface area (Å²) in [7, 11) is 3.80. The molecule has 1 aliphatic rings. The van der Waals surface area contributed by atoms with E-state index < -0.39 is 0 Å². The Morgan fingerprint density at radius 1 is 1.50 bits per heavy atom. The zero-order valence-corrected chi connectivity index (χ0v) is 11.9. The molecule has 0 spiro atoms. The minimum atomic E-state index is 0.445. The van der Waals surface area contributed by atoms with Gasteiger partial charge < -0.3 is 10.1 Å². The van der Waals surface area contributed by atoms with Crippen molar-refractivity contribution >= 4 is 0 Å². The van der Waals surface area contributed by atoms with Crippen LogP contribution in [0, 0.1) is 0 Å². The smallest absolute Gasteiger partial charge is 0.0694 e. The van der Waals surface area contributed by atoms with Crippen molar-refractivity contribution in [3.05, 3.63) is 17.5 Å². The summed E-state index contributed by atoms with van der Waals surface area (Å²) >= 11 is 0. The predicted molar refractivity (Wildman–Crippen MR) is 72.6 cm³/mol. The third kappa shape index (κ3) is 3.12. The molecule has 1 aliphatic carbocycles. The molecular formula is C14H25N3O. The van der Waals surface area contributed by atoms with Gasteiger partial charge in [0.05, 0.1) is 11.8 Å². The molecule has 1 aromatic heterocycles. The number of rotatable bonds is 5. The van der Waals surface area contributed by atoms with Crippen molar-refractivity contribution in [1.29, 1.82) is 0 Å². The highest BCUT2D eigenvalue weighted by atomic mass is 16.5. The SMILES string of the molecule is COC1CCC(NCc2cn(C)nc2C(C)C)C1. The first kappa shape index (κ1) is 13.6. The number of ether oxygens (including phenoxy) is 1. The van der Waals surface area contributed by atoms with Gasteiger partial charge in [-0.2, -0.15) is 5.10 Å². The maximum absolute atomic E-state index is 5.40. The van der Waals surface area contributed by atoms with Gasteiger partial charge in [-0.05, 0) is 25.2 Å². The zero-order chi connectivity index (χ0) is 13.1. The molecule has 2 unspecified atom stereocenters. The lowest BCUT2D eigenvalue weighted by Gasteiger charge is -2.13. The molecule has 18 heavy (non-hydrogen) atoms. The summed E-state index contributed by atoms with van der Waals surface area (Å²) in [6.07, 6.45) is 6.10. The van der Waals surface area contributed by atoms with Gasteiger partial charge in [-0.3, -0.25) is 4.68 Å². The molecule has 1 aromatic rings. The van der Waals surface area contributed by atoms with Crippen LogP contribution in [0.15, 0.2) is 6.20 Å². The predicted octanol–water partition coefficient (Wildman–Crippen LogP) is 2.20. The number of nitrogens with one attached hydrogen (secondary N) is 1. The topological polar surface area (TPSA) is 39.1 Å². The van der Waals surface area contributed by atoms with E-state index in [2.05, 4.69) is 30.5 Å². The number of aromatic nitrogens is 2. The molecule has 2 atom stereocenters. The summed E-state index contributed by atoms with van der Waals surface area (Å²) in [6, 6.07) is 0.593. The Bertz CT molecular complexity index is 386. The third-order valence-corrected chi connectivity index (χ3v) is 3.78. The van der Waals surface area contributed by atoms with Gasteiger partial charge in [0.1, 0.15) is 0 Å². The molecule has 1 N–H and O–H groups in total. The number of nitrogens with zero attached hydrogens (tertiary/aromatic N) is 2. The Balaban J connectivity index is 1.90. The monoisotopic (exact) mass is 251 g/mol. The van der Waals surface area contributed by atoms with Gasteiger partial charge in [0.25, 0.3) is 0 Å². The summed E-state index contributed by atoms with van der Waals surface area (Å²) < 4.78 is 7.32. The van der Waals surface area contributed by atoms with E-state index in [1.165, 1.54) is 24.1 Å². The van der Waals surface area contributed by atoms with Gasteiger partial charge in [0.15, 0.2) is 0 Å². The Morgan fingerprint density at radius 3 is 2.89 bits per heavy atom. The van der Waals surface area contributed by atoms with Gasteiger partial charge in [-0.1, -0.05) is 13.8 Å². The van der Waals surface area contributed by atoms with Crippen LogP contribution in [0.2, 0.25) is 0 Å². The van der Waals surface area contributed by atoms with E-state index in [0.29, 0.717) is 18.1 Å². The maximum Gasteiger partial charge on any atom is 0.0694 e. The maximum atomic E-state index is 5.40. The number of methoxy groups -OCH3 is 1. The fourth-order valence-electron chi connectivity index (χ4n) is 2.77. The Hall–Kier alpha value is -0.870. The van der Waals surface area contributed by atoms with Crippen LogP contribution in [0.4, 0.5) is 0 Å². The van der Waals surface area contributed by atoms with E-state index >= 15 is 0 Å². The third-order valence-electron chi connectivity index (χ3n) is 3.78. The van der Waals surface area contributed by atoms with E-state index in [1.807, 2.05) is 18.8 Å². The minimum absolute atomic E-state index is 0.445. The van der Waals surface area contributed by atoms with Crippen molar-refractivity contribution in [2.24, 2.45) is 7.05 Å². The van der Waals surface area contributed by atoms with Crippen molar-refractivity contribution in [3.8, 4) is 0 Å². The lowest BCUT2D eigenvalue weighted by Crippen LogP contribution is -2.27. The summed E-state index contributed by atoms with van der Waals surface area (Å²) in [5, 5.41) is 8.18. The largest absolute Gasteiger partial charge is 0.381 e. The summed E-state index contributed by atoms with van der Waals surface area (Å²) in [6.45, 7) is 5.31. The molecule has 0 aromatic carbocycles. The number of hydrogen-bond acceptors (Lipinski definition) is 3. The van der Waals surface area contributed by atoms with E-state index in [-0.39, 0.29) is 0 Å². The average molecular weight is 251 g/mol. The molecular weight excluding hydrogens is 226 g/mol. The van der Waals surface area contributed by atoms with Crippen LogP contribution in [0.1, 0.15) is 50.3 Å². The lowest BCUT2D eigenvalue weighted by atomic mass is 10.1. The van der Waals surface area contributed by atoms with Gasteiger partial charge >= 0.3 is 0 Å². The highest BCUT2D eigenvalue weighted by Crippen LogP contribution is 2.23. The molecule has 1 fully saturated rings. The molecule has 0 aliphatic heterocycles. The second kappa shape index (κ2) is 5.85. The highest BCUT2D eigenvalue weighted by Gasteiger charge is 2.24. The van der Waals surface area contributed by atoms with Crippen LogP contribution in [0.3, 0.4) is 0 Å². The fraction of sp³-hybridized carbons (Fsp3) is 0.786. The lowest BCUT2D eigenvalue weighted by molar-refractivity contribution is 0.107. The van der Waals surface area contributed by atoms with Crippen molar-refractivity contribution < 1.29 is 4.74 Å². The van der Waals surface area contributed by atoms with Crippen molar-refractivity contribution in [2.45, 2.75) is 57.7 Å². The summed E-state index contributed by atoms with van der Waals surface area (Å²) in [5.41, 5.74) is 2.54.